The van der Waals surface area contributed by atoms with Gasteiger partial charge in [-0.05, 0) is 54.9 Å². The molecule has 1 aliphatic carbocycles. The van der Waals surface area contributed by atoms with E-state index in [1.165, 1.54) is 47.8 Å². The van der Waals surface area contributed by atoms with Crippen LogP contribution < -0.4 is 0 Å². The lowest BCUT2D eigenvalue weighted by molar-refractivity contribution is 0.299. The molecule has 0 radical (unpaired) electrons. The highest BCUT2D eigenvalue weighted by molar-refractivity contribution is 5.84. The number of hydrogen-bond donors (Lipinski definition) is 1. The second-order valence-electron chi connectivity index (χ2n) is 4.79. The summed E-state index contributed by atoms with van der Waals surface area (Å²) < 4.78 is 0. The lowest BCUT2D eigenvalue weighted by Crippen LogP contribution is -2.04. The minimum Gasteiger partial charge on any atom is -0.396 e. The fraction of sp³-hybridized carbons (Fsp3) is 0.400. The Kier molecular flexibility index (Phi) is 2.81. The van der Waals surface area contributed by atoms with Gasteiger partial charge < -0.3 is 5.11 Å². The van der Waals surface area contributed by atoms with Gasteiger partial charge in [-0.1, -0.05) is 12.1 Å². The Labute approximate surface area is 101 Å². The van der Waals surface area contributed by atoms with Gasteiger partial charge in [0.15, 0.2) is 0 Å². The van der Waals surface area contributed by atoms with Crippen molar-refractivity contribution in [1.82, 2.24) is 4.98 Å². The predicted octanol–water partition coefficient (Wildman–Crippen LogP) is 2.65. The Morgan fingerprint density at radius 3 is 2.94 bits per heavy atom. The van der Waals surface area contributed by atoms with E-state index >= 15 is 0 Å². The number of aryl methyl sites for hydroxylation is 2. The lowest BCUT2D eigenvalue weighted by Gasteiger charge is -2.17. The number of aliphatic hydroxyl groups excluding tert-OH is 1. The molecule has 2 aromatic rings. The molecule has 1 heterocycles. The normalized spacial score (nSPS) is 14.9. The van der Waals surface area contributed by atoms with Gasteiger partial charge in [-0.25, -0.2) is 0 Å². The van der Waals surface area contributed by atoms with Crippen molar-refractivity contribution in [1.29, 1.82) is 0 Å². The van der Waals surface area contributed by atoms with Crippen LogP contribution in [0.25, 0.3) is 10.9 Å². The number of rotatable bonds is 2. The van der Waals surface area contributed by atoms with Gasteiger partial charge in [0.2, 0.25) is 0 Å². The monoisotopic (exact) mass is 227 g/mol. The first-order valence-corrected chi connectivity index (χ1v) is 6.39. The third-order valence-electron chi connectivity index (χ3n) is 3.66. The van der Waals surface area contributed by atoms with Gasteiger partial charge in [0.1, 0.15) is 0 Å². The number of pyridine rings is 1. The highest BCUT2D eigenvalue weighted by atomic mass is 16.2. The molecule has 0 saturated carbocycles. The molecule has 0 unspecified atom stereocenters. The van der Waals surface area contributed by atoms with Gasteiger partial charge in [-0.15, -0.1) is 0 Å². The summed E-state index contributed by atoms with van der Waals surface area (Å²) in [5.41, 5.74) is 5.18. The number of nitrogens with zero attached hydrogens (tertiary/aromatic N) is 1. The van der Waals surface area contributed by atoms with Gasteiger partial charge in [0.05, 0.1) is 5.52 Å². The van der Waals surface area contributed by atoms with Gasteiger partial charge in [0, 0.05) is 18.2 Å². The SMILES string of the molecule is OCCc1ccc2c3c(cnc2c1)CCCC3. The molecular weight excluding hydrogens is 210 g/mol. The first kappa shape index (κ1) is 10.7. The topological polar surface area (TPSA) is 33.1 Å². The average molecular weight is 227 g/mol. The fourth-order valence-electron chi connectivity index (χ4n) is 2.75. The maximum absolute atomic E-state index is 8.96. The highest BCUT2D eigenvalue weighted by Crippen LogP contribution is 2.28. The molecular formula is C15H17NO. The average Bonchev–Trinajstić information content (AvgIpc) is 2.39. The van der Waals surface area contributed by atoms with Crippen LogP contribution >= 0.6 is 0 Å². The Morgan fingerprint density at radius 1 is 1.18 bits per heavy atom. The Morgan fingerprint density at radius 2 is 2.06 bits per heavy atom. The van der Waals surface area contributed by atoms with Crippen molar-refractivity contribution in [2.45, 2.75) is 32.1 Å². The van der Waals surface area contributed by atoms with Crippen molar-refractivity contribution in [2.24, 2.45) is 0 Å². The minimum atomic E-state index is 0.205. The van der Waals surface area contributed by atoms with E-state index in [4.69, 9.17) is 5.11 Å². The van der Waals surface area contributed by atoms with Gasteiger partial charge >= 0.3 is 0 Å². The van der Waals surface area contributed by atoms with Crippen molar-refractivity contribution in [2.75, 3.05) is 6.61 Å². The van der Waals surface area contributed by atoms with E-state index in [1.54, 1.807) is 0 Å². The molecule has 0 fully saturated rings. The van der Waals surface area contributed by atoms with Crippen LogP contribution in [0.2, 0.25) is 0 Å². The van der Waals surface area contributed by atoms with Crippen LogP contribution in [0.5, 0.6) is 0 Å². The van der Waals surface area contributed by atoms with Crippen LogP contribution in [-0.2, 0) is 19.3 Å². The molecule has 0 bridgehead atoms. The summed E-state index contributed by atoms with van der Waals surface area (Å²) in [6.45, 7) is 0.205. The molecule has 0 atom stereocenters. The number of aromatic nitrogens is 1. The zero-order valence-corrected chi connectivity index (χ0v) is 9.95. The summed E-state index contributed by atoms with van der Waals surface area (Å²) in [4.78, 5) is 4.56. The maximum Gasteiger partial charge on any atom is 0.0707 e. The Bertz CT molecular complexity index is 548. The van der Waals surface area contributed by atoms with Crippen LogP contribution in [0, 0.1) is 0 Å². The third-order valence-corrected chi connectivity index (χ3v) is 3.66. The van der Waals surface area contributed by atoms with Gasteiger partial charge in [0.25, 0.3) is 0 Å². The summed E-state index contributed by atoms with van der Waals surface area (Å²) in [6, 6.07) is 6.41. The number of hydrogen-bond acceptors (Lipinski definition) is 2. The smallest absolute Gasteiger partial charge is 0.0707 e. The van der Waals surface area contributed by atoms with Crippen molar-refractivity contribution < 1.29 is 5.11 Å². The molecule has 1 aromatic carbocycles. The van der Waals surface area contributed by atoms with E-state index < -0.39 is 0 Å². The molecule has 1 aliphatic rings. The molecule has 0 saturated heterocycles. The van der Waals surface area contributed by atoms with Crippen LogP contribution in [0.3, 0.4) is 0 Å². The third kappa shape index (κ3) is 1.93. The molecule has 2 heteroatoms. The van der Waals surface area contributed by atoms with E-state index in [0.717, 1.165) is 5.52 Å². The van der Waals surface area contributed by atoms with Crippen molar-refractivity contribution in [3.63, 3.8) is 0 Å². The molecule has 1 N–H and O–H groups in total. The summed E-state index contributed by atoms with van der Waals surface area (Å²) in [5.74, 6) is 0. The van der Waals surface area contributed by atoms with E-state index in [0.29, 0.717) is 6.42 Å². The zero-order valence-electron chi connectivity index (χ0n) is 9.95. The minimum absolute atomic E-state index is 0.205. The maximum atomic E-state index is 8.96. The van der Waals surface area contributed by atoms with Gasteiger partial charge in [-0.2, -0.15) is 0 Å². The number of aliphatic hydroxyl groups is 1. The second-order valence-corrected chi connectivity index (χ2v) is 4.79. The Balaban J connectivity index is 2.13. The lowest BCUT2D eigenvalue weighted by atomic mass is 9.90. The van der Waals surface area contributed by atoms with Crippen molar-refractivity contribution in [3.05, 3.63) is 41.1 Å². The first-order chi connectivity index (χ1) is 8.38. The van der Waals surface area contributed by atoms with Gasteiger partial charge in [-0.3, -0.25) is 4.98 Å². The van der Waals surface area contributed by atoms with E-state index in [2.05, 4.69) is 23.2 Å². The summed E-state index contributed by atoms with van der Waals surface area (Å²) >= 11 is 0. The fourth-order valence-corrected chi connectivity index (χ4v) is 2.75. The molecule has 88 valence electrons. The zero-order chi connectivity index (χ0) is 11.7. The summed E-state index contributed by atoms with van der Waals surface area (Å²) in [7, 11) is 0. The quantitative estimate of drug-likeness (QED) is 0.855. The highest BCUT2D eigenvalue weighted by Gasteiger charge is 2.13. The van der Waals surface area contributed by atoms with E-state index in [9.17, 15) is 0 Å². The van der Waals surface area contributed by atoms with E-state index in [-0.39, 0.29) is 6.61 Å². The molecule has 0 aliphatic heterocycles. The Hall–Kier alpha value is -1.41. The first-order valence-electron chi connectivity index (χ1n) is 6.39. The molecule has 1 aromatic heterocycles. The summed E-state index contributed by atoms with van der Waals surface area (Å²) in [5, 5.41) is 10.3. The van der Waals surface area contributed by atoms with Crippen LogP contribution in [0.15, 0.2) is 24.4 Å². The standard InChI is InChI=1S/C15H17NO/c17-8-7-11-5-6-14-13-4-2-1-3-12(13)10-16-15(14)9-11/h5-6,9-10,17H,1-4,7-8H2. The number of benzene rings is 1. The molecule has 0 spiro atoms. The van der Waals surface area contributed by atoms with Crippen LogP contribution in [0.4, 0.5) is 0 Å². The predicted molar refractivity (Wildman–Crippen MR) is 69.2 cm³/mol. The van der Waals surface area contributed by atoms with E-state index in [1.807, 2.05) is 6.20 Å². The van der Waals surface area contributed by atoms with Crippen molar-refractivity contribution >= 4 is 10.9 Å². The second kappa shape index (κ2) is 4.46. The molecule has 3 rings (SSSR count). The molecule has 0 amide bonds. The molecule has 2 nitrogen and oxygen atoms in total. The van der Waals surface area contributed by atoms with Crippen LogP contribution in [-0.4, -0.2) is 16.7 Å². The largest absolute Gasteiger partial charge is 0.396 e. The molecule has 17 heavy (non-hydrogen) atoms. The van der Waals surface area contributed by atoms with Crippen LogP contribution in [0.1, 0.15) is 29.5 Å². The number of fused-ring (bicyclic) bond motifs is 3. The summed E-state index contributed by atoms with van der Waals surface area (Å²) in [6.07, 6.45) is 7.71. The van der Waals surface area contributed by atoms with Crippen molar-refractivity contribution in [3.8, 4) is 0 Å².